The highest BCUT2D eigenvalue weighted by Gasteiger charge is 2.12. The molecular formula is C47H29NO2. The maximum Gasteiger partial charge on any atom is 0.227 e. The summed E-state index contributed by atoms with van der Waals surface area (Å²) < 4.78 is 12.0. The van der Waals surface area contributed by atoms with Crippen LogP contribution in [0.5, 0.6) is 0 Å². The van der Waals surface area contributed by atoms with Crippen molar-refractivity contribution in [1.82, 2.24) is 4.98 Å². The predicted molar refractivity (Wildman–Crippen MR) is 206 cm³/mol. The average molecular weight is 640 g/mol. The molecule has 3 heteroatoms. The van der Waals surface area contributed by atoms with Crippen LogP contribution in [-0.4, -0.2) is 4.98 Å². The van der Waals surface area contributed by atoms with Crippen LogP contribution >= 0.6 is 0 Å². The Morgan fingerprint density at radius 3 is 1.20 bits per heavy atom. The highest BCUT2D eigenvalue weighted by molar-refractivity contribution is 6.07. The Kier molecular flexibility index (Phi) is 6.49. The maximum atomic E-state index is 6.07. The van der Waals surface area contributed by atoms with E-state index in [1.807, 2.05) is 24.3 Å². The molecule has 7 aromatic carbocycles. The number of nitrogens with zero attached hydrogens (tertiary/aromatic N) is 1. The molecule has 10 rings (SSSR count). The number of pyridine rings is 1. The van der Waals surface area contributed by atoms with Gasteiger partial charge >= 0.3 is 0 Å². The third-order valence-electron chi connectivity index (χ3n) is 9.74. The lowest BCUT2D eigenvalue weighted by molar-refractivity contribution is 0.654. The van der Waals surface area contributed by atoms with Crippen molar-refractivity contribution in [3.8, 4) is 55.6 Å². The molecule has 0 atom stereocenters. The zero-order valence-corrected chi connectivity index (χ0v) is 27.0. The van der Waals surface area contributed by atoms with E-state index in [2.05, 4.69) is 151 Å². The highest BCUT2D eigenvalue weighted by Crippen LogP contribution is 2.36. The van der Waals surface area contributed by atoms with Crippen LogP contribution in [0.2, 0.25) is 0 Å². The normalized spacial score (nSPS) is 11.6. The van der Waals surface area contributed by atoms with Gasteiger partial charge in [0.05, 0.1) is 0 Å². The van der Waals surface area contributed by atoms with Gasteiger partial charge in [-0.05, 0) is 122 Å². The summed E-state index contributed by atoms with van der Waals surface area (Å²) in [6, 6.07) is 60.3. The zero-order chi connectivity index (χ0) is 33.0. The Balaban J connectivity index is 0.968. The van der Waals surface area contributed by atoms with Gasteiger partial charge in [0.15, 0.2) is 0 Å². The lowest BCUT2D eigenvalue weighted by Gasteiger charge is -2.11. The smallest absolute Gasteiger partial charge is 0.227 e. The van der Waals surface area contributed by atoms with Crippen LogP contribution in [0.4, 0.5) is 0 Å². The van der Waals surface area contributed by atoms with Crippen LogP contribution in [0.1, 0.15) is 0 Å². The highest BCUT2D eigenvalue weighted by atomic mass is 16.3. The summed E-state index contributed by atoms with van der Waals surface area (Å²) in [6.07, 6.45) is 1.77. The second-order valence-corrected chi connectivity index (χ2v) is 12.8. The molecule has 3 heterocycles. The summed E-state index contributed by atoms with van der Waals surface area (Å²) in [5.41, 5.74) is 15.1. The minimum atomic E-state index is 0.670. The first-order chi connectivity index (χ1) is 24.7. The van der Waals surface area contributed by atoms with Crippen molar-refractivity contribution in [2.24, 2.45) is 0 Å². The van der Waals surface area contributed by atoms with Crippen molar-refractivity contribution in [2.75, 3.05) is 0 Å². The van der Waals surface area contributed by atoms with Crippen LogP contribution in [0.25, 0.3) is 99.6 Å². The molecule has 0 bridgehead atoms. The molecule has 3 nitrogen and oxygen atoms in total. The molecule has 0 aliphatic heterocycles. The Labute approximate surface area is 288 Å². The number of hydrogen-bond donors (Lipinski definition) is 0. The van der Waals surface area contributed by atoms with Crippen molar-refractivity contribution in [2.45, 2.75) is 0 Å². The Morgan fingerprint density at radius 2 is 0.680 bits per heavy atom. The number of fused-ring (bicyclic) bond motifs is 6. The van der Waals surface area contributed by atoms with E-state index in [1.165, 1.54) is 44.5 Å². The molecule has 0 aliphatic carbocycles. The molecule has 0 unspecified atom stereocenters. The van der Waals surface area contributed by atoms with Gasteiger partial charge in [0, 0.05) is 27.7 Å². The van der Waals surface area contributed by atoms with Crippen LogP contribution in [0.15, 0.2) is 185 Å². The van der Waals surface area contributed by atoms with Gasteiger partial charge in [-0.15, -0.1) is 0 Å². The van der Waals surface area contributed by atoms with E-state index < -0.39 is 0 Å². The third-order valence-corrected chi connectivity index (χ3v) is 9.74. The lowest BCUT2D eigenvalue weighted by Crippen LogP contribution is -1.85. The largest absolute Gasteiger partial charge is 0.456 e. The van der Waals surface area contributed by atoms with E-state index in [1.54, 1.807) is 6.20 Å². The van der Waals surface area contributed by atoms with Crippen LogP contribution < -0.4 is 0 Å². The summed E-state index contributed by atoms with van der Waals surface area (Å²) in [6.45, 7) is 0. The Morgan fingerprint density at radius 1 is 0.280 bits per heavy atom. The molecule has 50 heavy (non-hydrogen) atoms. The van der Waals surface area contributed by atoms with Crippen LogP contribution in [-0.2, 0) is 0 Å². The molecule has 3 aromatic heterocycles. The molecule has 0 aliphatic rings. The van der Waals surface area contributed by atoms with Gasteiger partial charge in [-0.25, -0.2) is 4.98 Å². The van der Waals surface area contributed by atoms with Gasteiger partial charge in [-0.3, -0.25) is 0 Å². The minimum absolute atomic E-state index is 0.670. The molecule has 0 spiro atoms. The van der Waals surface area contributed by atoms with E-state index in [9.17, 15) is 0 Å². The Bertz CT molecular complexity index is 2690. The molecule has 0 fully saturated rings. The standard InChI is InChI=1S/C47H29NO2/c1-2-18-44-40(16-1)42-28-38(19-21-45(42)49-44)36-14-5-12-34(26-36)32-10-3-8-30(24-32)31-9-4-11-33(25-31)35-13-6-15-37(27-35)39-20-22-46-43(29-39)41-17-7-23-48-47(41)50-46/h1-29H. The SMILES string of the molecule is c1cc(-c2cccc(-c3cccc(-c4ccc5oc6ncccc6c5c4)c3)c2)cc(-c2cccc(-c3ccc4oc5ccccc5c4c3)c2)c1. The van der Waals surface area contributed by atoms with Crippen LogP contribution in [0, 0.1) is 0 Å². The first-order valence-electron chi connectivity index (χ1n) is 16.8. The van der Waals surface area contributed by atoms with Crippen molar-refractivity contribution in [3.05, 3.63) is 176 Å². The minimum Gasteiger partial charge on any atom is -0.456 e. The number of benzene rings is 7. The van der Waals surface area contributed by atoms with Gasteiger partial charge in [0.1, 0.15) is 16.7 Å². The monoisotopic (exact) mass is 639 g/mol. The number of rotatable bonds is 5. The first-order valence-corrected chi connectivity index (χ1v) is 16.8. The van der Waals surface area contributed by atoms with Crippen LogP contribution in [0.3, 0.4) is 0 Å². The van der Waals surface area contributed by atoms with E-state index in [0.29, 0.717) is 5.71 Å². The fourth-order valence-corrected chi connectivity index (χ4v) is 7.21. The topological polar surface area (TPSA) is 39.2 Å². The molecular weight excluding hydrogens is 611 g/mol. The second-order valence-electron chi connectivity index (χ2n) is 12.8. The molecule has 0 radical (unpaired) electrons. The fourth-order valence-electron chi connectivity index (χ4n) is 7.21. The number of aromatic nitrogens is 1. The van der Waals surface area contributed by atoms with E-state index in [4.69, 9.17) is 8.83 Å². The summed E-state index contributed by atoms with van der Waals surface area (Å²) in [5, 5.41) is 4.40. The van der Waals surface area contributed by atoms with Crippen molar-refractivity contribution in [3.63, 3.8) is 0 Å². The number of furan rings is 2. The fraction of sp³-hybridized carbons (Fsp3) is 0. The molecule has 234 valence electrons. The lowest BCUT2D eigenvalue weighted by atomic mass is 9.94. The van der Waals surface area contributed by atoms with E-state index in [-0.39, 0.29) is 0 Å². The Hall–Kier alpha value is -6.71. The van der Waals surface area contributed by atoms with Crippen molar-refractivity contribution < 1.29 is 8.83 Å². The summed E-state index contributed by atoms with van der Waals surface area (Å²) in [7, 11) is 0. The summed E-state index contributed by atoms with van der Waals surface area (Å²) in [4.78, 5) is 4.39. The van der Waals surface area contributed by atoms with Crippen molar-refractivity contribution in [1.29, 1.82) is 0 Å². The van der Waals surface area contributed by atoms with E-state index >= 15 is 0 Å². The van der Waals surface area contributed by atoms with Crippen molar-refractivity contribution >= 4 is 44.0 Å². The van der Waals surface area contributed by atoms with Gasteiger partial charge in [0.2, 0.25) is 5.71 Å². The van der Waals surface area contributed by atoms with Gasteiger partial charge in [-0.2, -0.15) is 0 Å². The quantitative estimate of drug-likeness (QED) is 0.188. The predicted octanol–water partition coefficient (Wildman–Crippen LogP) is 13.2. The van der Waals surface area contributed by atoms with Gasteiger partial charge < -0.3 is 8.83 Å². The van der Waals surface area contributed by atoms with E-state index in [0.717, 1.165) is 49.4 Å². The third kappa shape index (κ3) is 4.87. The molecule has 0 saturated carbocycles. The number of hydrogen-bond acceptors (Lipinski definition) is 3. The summed E-state index contributed by atoms with van der Waals surface area (Å²) >= 11 is 0. The summed E-state index contributed by atoms with van der Waals surface area (Å²) in [5.74, 6) is 0. The molecule has 0 saturated heterocycles. The van der Waals surface area contributed by atoms with Gasteiger partial charge in [0.25, 0.3) is 0 Å². The number of para-hydroxylation sites is 1. The van der Waals surface area contributed by atoms with Gasteiger partial charge in [-0.1, -0.05) is 103 Å². The molecule has 0 N–H and O–H groups in total. The zero-order valence-electron chi connectivity index (χ0n) is 27.0. The average Bonchev–Trinajstić information content (AvgIpc) is 3.76. The first kappa shape index (κ1) is 28.3. The molecule has 0 amide bonds. The molecule has 10 aromatic rings. The second kappa shape index (κ2) is 11.5. The maximum absolute atomic E-state index is 6.07.